The highest BCUT2D eigenvalue weighted by Crippen LogP contribution is 2.05. The number of ether oxygens (including phenoxy) is 1. The number of nitrogens with one attached hydrogen (secondary N) is 2. The highest BCUT2D eigenvalue weighted by Gasteiger charge is 2.12. The quantitative estimate of drug-likeness (QED) is 0.601. The standard InChI is InChI=1S/C13H15FN2O4S/c1-2-20-12(18)8-21-7-11(17)15-16-13(19)9-5-3-4-6-10(9)14/h3-6H,2,7-8H2,1H3,(H,15,17)(H,16,19). The topological polar surface area (TPSA) is 84.5 Å². The number of hydrogen-bond acceptors (Lipinski definition) is 5. The molecule has 0 aliphatic carbocycles. The molecule has 1 aromatic rings. The Morgan fingerprint density at radius 1 is 1.19 bits per heavy atom. The van der Waals surface area contributed by atoms with Gasteiger partial charge in [-0.15, -0.1) is 11.8 Å². The van der Waals surface area contributed by atoms with E-state index in [9.17, 15) is 18.8 Å². The summed E-state index contributed by atoms with van der Waals surface area (Å²) in [7, 11) is 0. The molecule has 0 saturated heterocycles. The Hall–Kier alpha value is -2.09. The Kier molecular flexibility index (Phi) is 7.24. The molecule has 8 heteroatoms. The normalized spacial score (nSPS) is 9.81. The van der Waals surface area contributed by atoms with Gasteiger partial charge in [-0.1, -0.05) is 12.1 Å². The molecule has 0 heterocycles. The van der Waals surface area contributed by atoms with Crippen LogP contribution in [-0.4, -0.2) is 35.9 Å². The van der Waals surface area contributed by atoms with Crippen LogP contribution >= 0.6 is 11.8 Å². The van der Waals surface area contributed by atoms with Crippen LogP contribution in [0.25, 0.3) is 0 Å². The summed E-state index contributed by atoms with van der Waals surface area (Å²) in [6.07, 6.45) is 0. The van der Waals surface area contributed by atoms with Gasteiger partial charge in [0.15, 0.2) is 0 Å². The average Bonchev–Trinajstić information content (AvgIpc) is 2.45. The molecule has 0 aliphatic heterocycles. The maximum absolute atomic E-state index is 13.3. The Bertz CT molecular complexity index is 525. The molecule has 0 unspecified atom stereocenters. The van der Waals surface area contributed by atoms with Crippen LogP contribution in [0.15, 0.2) is 24.3 Å². The lowest BCUT2D eigenvalue weighted by molar-refractivity contribution is -0.139. The Morgan fingerprint density at radius 3 is 2.57 bits per heavy atom. The van der Waals surface area contributed by atoms with E-state index < -0.39 is 23.6 Å². The molecule has 2 amide bonds. The molecule has 114 valence electrons. The molecular formula is C13H15FN2O4S. The molecule has 1 aromatic carbocycles. The molecule has 21 heavy (non-hydrogen) atoms. The number of hydrogen-bond donors (Lipinski definition) is 2. The smallest absolute Gasteiger partial charge is 0.315 e. The van der Waals surface area contributed by atoms with Crippen molar-refractivity contribution in [2.45, 2.75) is 6.92 Å². The van der Waals surface area contributed by atoms with E-state index in [2.05, 4.69) is 10.9 Å². The second-order valence-electron chi connectivity index (χ2n) is 3.78. The third-order valence-electron chi connectivity index (χ3n) is 2.19. The summed E-state index contributed by atoms with van der Waals surface area (Å²) in [5, 5.41) is 0. The van der Waals surface area contributed by atoms with Gasteiger partial charge in [-0.25, -0.2) is 4.39 Å². The number of rotatable bonds is 6. The molecule has 1 rings (SSSR count). The van der Waals surface area contributed by atoms with E-state index in [4.69, 9.17) is 4.74 Å². The van der Waals surface area contributed by atoms with Crippen molar-refractivity contribution < 1.29 is 23.5 Å². The van der Waals surface area contributed by atoms with Crippen molar-refractivity contribution >= 4 is 29.5 Å². The van der Waals surface area contributed by atoms with Crippen LogP contribution in [0, 0.1) is 5.82 Å². The number of hydrazine groups is 1. The number of carbonyl (C=O) groups excluding carboxylic acids is 3. The minimum Gasteiger partial charge on any atom is -0.465 e. The van der Waals surface area contributed by atoms with Gasteiger partial charge in [-0.2, -0.15) is 0 Å². The number of carbonyl (C=O) groups is 3. The van der Waals surface area contributed by atoms with Gasteiger partial charge in [0.1, 0.15) is 5.82 Å². The first-order chi connectivity index (χ1) is 10.0. The van der Waals surface area contributed by atoms with Gasteiger partial charge >= 0.3 is 5.97 Å². The summed E-state index contributed by atoms with van der Waals surface area (Å²) in [6, 6.07) is 5.41. The van der Waals surface area contributed by atoms with Crippen LogP contribution in [0.5, 0.6) is 0 Å². The molecule has 2 N–H and O–H groups in total. The van der Waals surface area contributed by atoms with E-state index in [1.807, 2.05) is 0 Å². The highest BCUT2D eigenvalue weighted by molar-refractivity contribution is 8.00. The van der Waals surface area contributed by atoms with Gasteiger partial charge in [-0.3, -0.25) is 25.2 Å². The van der Waals surface area contributed by atoms with Gasteiger partial charge in [-0.05, 0) is 19.1 Å². The van der Waals surface area contributed by atoms with Gasteiger partial charge in [0, 0.05) is 0 Å². The number of halogens is 1. The Morgan fingerprint density at radius 2 is 1.90 bits per heavy atom. The molecule has 6 nitrogen and oxygen atoms in total. The minimum atomic E-state index is -0.753. The van der Waals surface area contributed by atoms with Crippen LogP contribution in [0.3, 0.4) is 0 Å². The van der Waals surface area contributed by atoms with Crippen molar-refractivity contribution in [3.05, 3.63) is 35.6 Å². The fraction of sp³-hybridized carbons (Fsp3) is 0.308. The molecule has 0 aromatic heterocycles. The number of esters is 1. The predicted octanol–water partition coefficient (Wildman–Crippen LogP) is 0.883. The average molecular weight is 314 g/mol. The molecule has 0 atom stereocenters. The lowest BCUT2D eigenvalue weighted by atomic mass is 10.2. The second-order valence-corrected chi connectivity index (χ2v) is 4.77. The molecular weight excluding hydrogens is 299 g/mol. The van der Waals surface area contributed by atoms with Crippen molar-refractivity contribution in [3.8, 4) is 0 Å². The van der Waals surface area contributed by atoms with Crippen molar-refractivity contribution in [2.75, 3.05) is 18.1 Å². The maximum atomic E-state index is 13.3. The van der Waals surface area contributed by atoms with Crippen LogP contribution in [0.4, 0.5) is 4.39 Å². The van der Waals surface area contributed by atoms with Gasteiger partial charge in [0.2, 0.25) is 5.91 Å². The van der Waals surface area contributed by atoms with E-state index in [1.165, 1.54) is 18.2 Å². The number of amides is 2. The Balaban J connectivity index is 2.29. The third kappa shape index (κ3) is 6.26. The largest absolute Gasteiger partial charge is 0.465 e. The molecule has 0 radical (unpaired) electrons. The van der Waals surface area contributed by atoms with E-state index >= 15 is 0 Å². The summed E-state index contributed by atoms with van der Waals surface area (Å²) in [6.45, 7) is 1.97. The van der Waals surface area contributed by atoms with Crippen molar-refractivity contribution in [1.82, 2.24) is 10.9 Å². The summed E-state index contributed by atoms with van der Waals surface area (Å²) in [4.78, 5) is 34.0. The van der Waals surface area contributed by atoms with E-state index in [0.29, 0.717) is 0 Å². The fourth-order valence-electron chi connectivity index (χ4n) is 1.30. The lowest BCUT2D eigenvalue weighted by Crippen LogP contribution is -2.42. The molecule has 0 spiro atoms. The molecule has 0 fully saturated rings. The van der Waals surface area contributed by atoms with Gasteiger partial charge in [0.05, 0.1) is 23.7 Å². The number of thioether (sulfide) groups is 1. The SMILES string of the molecule is CCOC(=O)CSCC(=O)NNC(=O)c1ccccc1F. The second kappa shape index (κ2) is 8.96. The zero-order valence-corrected chi connectivity index (χ0v) is 12.2. The van der Waals surface area contributed by atoms with Gasteiger partial charge in [0.25, 0.3) is 5.91 Å². The summed E-state index contributed by atoms with van der Waals surface area (Å²) in [5.74, 6) is -2.34. The van der Waals surface area contributed by atoms with E-state index in [0.717, 1.165) is 17.8 Å². The first kappa shape index (κ1) is 17.0. The monoisotopic (exact) mass is 314 g/mol. The van der Waals surface area contributed by atoms with Crippen LogP contribution in [0.1, 0.15) is 17.3 Å². The first-order valence-electron chi connectivity index (χ1n) is 6.11. The van der Waals surface area contributed by atoms with E-state index in [1.54, 1.807) is 6.92 Å². The van der Waals surface area contributed by atoms with Crippen LogP contribution in [-0.2, 0) is 14.3 Å². The van der Waals surface area contributed by atoms with Crippen molar-refractivity contribution in [3.63, 3.8) is 0 Å². The highest BCUT2D eigenvalue weighted by atomic mass is 32.2. The van der Waals surface area contributed by atoms with Crippen LogP contribution in [0.2, 0.25) is 0 Å². The summed E-state index contributed by atoms with van der Waals surface area (Å²) in [5.41, 5.74) is 4.06. The zero-order valence-electron chi connectivity index (χ0n) is 11.3. The van der Waals surface area contributed by atoms with E-state index in [-0.39, 0.29) is 23.7 Å². The first-order valence-corrected chi connectivity index (χ1v) is 7.27. The molecule has 0 saturated carbocycles. The minimum absolute atomic E-state index is 0.0314. The summed E-state index contributed by atoms with van der Waals surface area (Å²) < 4.78 is 18.0. The zero-order chi connectivity index (χ0) is 15.7. The molecule has 0 bridgehead atoms. The van der Waals surface area contributed by atoms with Crippen LogP contribution < -0.4 is 10.9 Å². The number of benzene rings is 1. The fourth-order valence-corrected chi connectivity index (χ4v) is 1.91. The van der Waals surface area contributed by atoms with Crippen molar-refractivity contribution in [1.29, 1.82) is 0 Å². The third-order valence-corrected chi connectivity index (χ3v) is 3.10. The van der Waals surface area contributed by atoms with Gasteiger partial charge < -0.3 is 4.74 Å². The molecule has 0 aliphatic rings. The Labute approximate surface area is 125 Å². The predicted molar refractivity (Wildman–Crippen MR) is 76.0 cm³/mol. The maximum Gasteiger partial charge on any atom is 0.315 e. The summed E-state index contributed by atoms with van der Waals surface area (Å²) >= 11 is 1.05. The lowest BCUT2D eigenvalue weighted by Gasteiger charge is -2.07. The van der Waals surface area contributed by atoms with Crippen molar-refractivity contribution in [2.24, 2.45) is 0 Å².